The summed E-state index contributed by atoms with van der Waals surface area (Å²) in [7, 11) is -0.446. The summed E-state index contributed by atoms with van der Waals surface area (Å²) in [6.07, 6.45) is 0.564. The van der Waals surface area contributed by atoms with E-state index < -0.39 is 7.75 Å². The van der Waals surface area contributed by atoms with E-state index >= 15 is 0 Å². The van der Waals surface area contributed by atoms with E-state index in [4.69, 9.17) is 14.3 Å². The Labute approximate surface area is 95.8 Å². The lowest BCUT2D eigenvalue weighted by molar-refractivity contribution is 0.171. The smallest absolute Gasteiger partial charge is 0.407 e. The summed E-state index contributed by atoms with van der Waals surface area (Å²) in [4.78, 5) is 0. The van der Waals surface area contributed by atoms with E-state index in [0.29, 0.717) is 13.0 Å². The fourth-order valence-electron chi connectivity index (χ4n) is 1.94. The summed E-state index contributed by atoms with van der Waals surface area (Å²) in [5.74, 6) is 0.0415. The van der Waals surface area contributed by atoms with Crippen LogP contribution in [0.3, 0.4) is 0 Å². The van der Waals surface area contributed by atoms with Crippen LogP contribution in [0.15, 0.2) is 5.16 Å². The van der Waals surface area contributed by atoms with E-state index in [1.807, 2.05) is 13.8 Å². The number of oxime groups is 1. The van der Waals surface area contributed by atoms with Crippen molar-refractivity contribution in [3.8, 4) is 0 Å². The van der Waals surface area contributed by atoms with Crippen molar-refractivity contribution < 1.29 is 18.8 Å². The molecule has 0 aliphatic carbocycles. The second kappa shape index (κ2) is 5.27. The van der Waals surface area contributed by atoms with Gasteiger partial charge in [-0.3, -0.25) is 9.05 Å². The molecule has 7 heteroatoms. The Morgan fingerprint density at radius 2 is 2.00 bits per heavy atom. The van der Waals surface area contributed by atoms with Crippen molar-refractivity contribution in [1.29, 1.82) is 0 Å². The first kappa shape index (κ1) is 13.6. The predicted molar refractivity (Wildman–Crippen MR) is 60.8 cm³/mol. The summed E-state index contributed by atoms with van der Waals surface area (Å²) >= 11 is 0. The van der Waals surface area contributed by atoms with Gasteiger partial charge in [0.2, 0.25) is 0 Å². The highest BCUT2D eigenvalue weighted by Gasteiger charge is 2.40. The fourth-order valence-corrected chi connectivity index (χ4v) is 3.52. The Morgan fingerprint density at radius 1 is 1.44 bits per heavy atom. The third-order valence-electron chi connectivity index (χ3n) is 2.95. The maximum atomic E-state index is 12.2. The van der Waals surface area contributed by atoms with Gasteiger partial charge in [-0.2, -0.15) is 0 Å². The summed E-state index contributed by atoms with van der Waals surface area (Å²) in [5, 5.41) is 12.1. The van der Waals surface area contributed by atoms with Gasteiger partial charge >= 0.3 is 7.75 Å². The molecule has 0 bridgehead atoms. The monoisotopic (exact) mass is 250 g/mol. The van der Waals surface area contributed by atoms with Gasteiger partial charge < -0.3 is 5.21 Å². The van der Waals surface area contributed by atoms with Crippen molar-refractivity contribution >= 4 is 13.5 Å². The van der Waals surface area contributed by atoms with Gasteiger partial charge in [0.1, 0.15) is 0 Å². The molecule has 0 unspecified atom stereocenters. The molecule has 1 N–H and O–H groups in total. The Hall–Kier alpha value is -0.420. The molecule has 1 aliphatic heterocycles. The van der Waals surface area contributed by atoms with Crippen molar-refractivity contribution in [1.82, 2.24) is 4.67 Å². The maximum Gasteiger partial charge on any atom is 0.407 e. The molecule has 94 valence electrons. The largest absolute Gasteiger partial charge is 0.411 e. The molecule has 1 rings (SSSR count). The van der Waals surface area contributed by atoms with Crippen LogP contribution in [0.4, 0.5) is 0 Å². The number of rotatable bonds is 3. The molecule has 1 fully saturated rings. The van der Waals surface area contributed by atoms with Gasteiger partial charge in [-0.25, -0.2) is 9.24 Å². The van der Waals surface area contributed by atoms with Gasteiger partial charge in [0.25, 0.3) is 0 Å². The summed E-state index contributed by atoms with van der Waals surface area (Å²) in [6.45, 7) is 4.32. The first-order valence-corrected chi connectivity index (χ1v) is 6.67. The Morgan fingerprint density at radius 3 is 2.44 bits per heavy atom. The standard InChI is InChI=1S/C9H19N2O4P/c1-7-6-11(16(13,14-3)15-4)8(2)5-9(7)10-12/h7-8,12H,5-6H2,1-4H3/b10-9-/t7-,8+/m1/s1. The number of hydrogen-bond donors (Lipinski definition) is 1. The lowest BCUT2D eigenvalue weighted by Gasteiger charge is -2.39. The summed E-state index contributed by atoms with van der Waals surface area (Å²) in [5.41, 5.74) is 0.725. The molecule has 0 spiro atoms. The van der Waals surface area contributed by atoms with Crippen LogP contribution in [0.25, 0.3) is 0 Å². The molecule has 1 saturated heterocycles. The Kier molecular flexibility index (Phi) is 4.50. The van der Waals surface area contributed by atoms with Crippen LogP contribution in [0.1, 0.15) is 20.3 Å². The number of nitrogens with zero attached hydrogens (tertiary/aromatic N) is 2. The van der Waals surface area contributed by atoms with Gasteiger partial charge in [0.05, 0.1) is 5.71 Å². The molecule has 2 atom stereocenters. The summed E-state index contributed by atoms with van der Waals surface area (Å²) < 4.78 is 23.9. The minimum atomic E-state index is -3.19. The molecule has 16 heavy (non-hydrogen) atoms. The molecule has 0 aromatic carbocycles. The molecular weight excluding hydrogens is 231 g/mol. The number of hydrogen-bond acceptors (Lipinski definition) is 5. The van der Waals surface area contributed by atoms with E-state index in [2.05, 4.69) is 5.16 Å². The van der Waals surface area contributed by atoms with Gasteiger partial charge in [-0.05, 0) is 6.92 Å². The van der Waals surface area contributed by atoms with Crippen LogP contribution < -0.4 is 0 Å². The highest BCUT2D eigenvalue weighted by Crippen LogP contribution is 2.53. The summed E-state index contributed by atoms with van der Waals surface area (Å²) in [6, 6.07) is -0.0344. The fraction of sp³-hybridized carbons (Fsp3) is 0.889. The van der Waals surface area contributed by atoms with Crippen LogP contribution in [-0.4, -0.2) is 42.4 Å². The topological polar surface area (TPSA) is 71.4 Å². The third kappa shape index (κ3) is 2.46. The van der Waals surface area contributed by atoms with Gasteiger partial charge in [-0.15, -0.1) is 0 Å². The zero-order chi connectivity index (χ0) is 12.3. The number of piperidine rings is 1. The van der Waals surface area contributed by atoms with E-state index in [1.54, 1.807) is 4.67 Å². The van der Waals surface area contributed by atoms with E-state index in [1.165, 1.54) is 14.2 Å². The second-order valence-corrected chi connectivity index (χ2v) is 6.18. The zero-order valence-corrected chi connectivity index (χ0v) is 11.0. The first-order valence-electron chi connectivity index (χ1n) is 5.18. The average Bonchev–Trinajstić information content (AvgIpc) is 2.30. The van der Waals surface area contributed by atoms with Crippen molar-refractivity contribution in [2.45, 2.75) is 26.3 Å². The van der Waals surface area contributed by atoms with Gasteiger partial charge in [0, 0.05) is 39.1 Å². The van der Waals surface area contributed by atoms with Crippen molar-refractivity contribution in [2.24, 2.45) is 11.1 Å². The lowest BCUT2D eigenvalue weighted by Crippen LogP contribution is -2.43. The zero-order valence-electron chi connectivity index (χ0n) is 10.1. The molecule has 0 aromatic rings. The average molecular weight is 250 g/mol. The molecule has 0 aromatic heterocycles. The molecule has 0 amide bonds. The minimum Gasteiger partial charge on any atom is -0.411 e. The highest BCUT2D eigenvalue weighted by atomic mass is 31.2. The van der Waals surface area contributed by atoms with E-state index in [9.17, 15) is 4.57 Å². The van der Waals surface area contributed by atoms with Gasteiger partial charge in [-0.1, -0.05) is 12.1 Å². The molecule has 0 radical (unpaired) electrons. The highest BCUT2D eigenvalue weighted by molar-refractivity contribution is 7.51. The minimum absolute atomic E-state index is 0.0344. The third-order valence-corrected chi connectivity index (χ3v) is 5.06. The molecule has 0 saturated carbocycles. The normalized spacial score (nSPS) is 30.9. The first-order chi connectivity index (χ1) is 7.48. The van der Waals surface area contributed by atoms with Crippen LogP contribution in [0.5, 0.6) is 0 Å². The van der Waals surface area contributed by atoms with Gasteiger partial charge in [0.15, 0.2) is 0 Å². The van der Waals surface area contributed by atoms with Crippen LogP contribution in [0.2, 0.25) is 0 Å². The lowest BCUT2D eigenvalue weighted by atomic mass is 9.95. The molecule has 6 nitrogen and oxygen atoms in total. The Bertz CT molecular complexity index is 313. The van der Waals surface area contributed by atoms with Crippen LogP contribution in [0, 0.1) is 5.92 Å². The van der Waals surface area contributed by atoms with Crippen molar-refractivity contribution in [3.05, 3.63) is 0 Å². The molecule has 1 aliphatic rings. The maximum absolute atomic E-state index is 12.2. The van der Waals surface area contributed by atoms with E-state index in [-0.39, 0.29) is 12.0 Å². The van der Waals surface area contributed by atoms with Crippen molar-refractivity contribution in [3.63, 3.8) is 0 Å². The van der Waals surface area contributed by atoms with Crippen LogP contribution >= 0.6 is 7.75 Å². The predicted octanol–water partition coefficient (Wildman–Crippen LogP) is 1.95. The van der Waals surface area contributed by atoms with Crippen molar-refractivity contribution in [2.75, 3.05) is 20.8 Å². The SMILES string of the molecule is COP(=O)(OC)N1C[C@@H](C)/C(=N\O)C[C@@H]1C. The van der Waals surface area contributed by atoms with Crippen LogP contribution in [-0.2, 0) is 13.6 Å². The second-order valence-electron chi connectivity index (χ2n) is 4.00. The quantitative estimate of drug-likeness (QED) is 0.471. The molecular formula is C9H19N2O4P. The molecule has 1 heterocycles. The Balaban J connectivity index is 2.89. The van der Waals surface area contributed by atoms with E-state index in [0.717, 1.165) is 5.71 Å².